The third-order valence-corrected chi connectivity index (χ3v) is 5.45. The Morgan fingerprint density at radius 2 is 1.94 bits per heavy atom. The average Bonchev–Trinajstić information content (AvgIpc) is 3.28. The van der Waals surface area contributed by atoms with Crippen molar-refractivity contribution in [2.75, 3.05) is 10.6 Å². The number of hydrogen-bond acceptors (Lipinski definition) is 7. The van der Waals surface area contributed by atoms with E-state index in [1.54, 1.807) is 42.1 Å². The molecule has 1 fully saturated rings. The molecule has 1 amide bonds. The number of hydrogen-bond donors (Lipinski definition) is 2. The van der Waals surface area contributed by atoms with Crippen LogP contribution in [0.5, 0.6) is 0 Å². The summed E-state index contributed by atoms with van der Waals surface area (Å²) in [5.74, 6) is 0.450. The first-order valence-corrected chi connectivity index (χ1v) is 10.4. The van der Waals surface area contributed by atoms with E-state index in [2.05, 4.69) is 25.6 Å². The summed E-state index contributed by atoms with van der Waals surface area (Å²) in [6, 6.07) is 5.04. The maximum absolute atomic E-state index is 13.0. The molecule has 2 N–H and O–H groups in total. The van der Waals surface area contributed by atoms with Crippen LogP contribution < -0.4 is 16.2 Å². The number of carbonyl (C=O) groups excluding carboxylic acids is 2. The average molecular weight is 420 g/mol. The van der Waals surface area contributed by atoms with Crippen molar-refractivity contribution >= 4 is 40.2 Å². The van der Waals surface area contributed by atoms with Crippen molar-refractivity contribution in [1.29, 1.82) is 0 Å². The predicted molar refractivity (Wildman–Crippen MR) is 118 cm³/mol. The molecule has 0 aliphatic heterocycles. The van der Waals surface area contributed by atoms with Crippen LogP contribution >= 0.6 is 0 Å². The van der Waals surface area contributed by atoms with Gasteiger partial charge >= 0.3 is 0 Å². The zero-order valence-electron chi connectivity index (χ0n) is 17.5. The molecule has 4 rings (SSSR count). The number of aromatic nitrogens is 4. The molecule has 9 nitrogen and oxygen atoms in total. The van der Waals surface area contributed by atoms with Gasteiger partial charge in [0.2, 0.25) is 11.9 Å². The van der Waals surface area contributed by atoms with Crippen LogP contribution in [0, 0.1) is 0 Å². The van der Waals surface area contributed by atoms with E-state index in [0.717, 1.165) is 25.7 Å². The number of nitrogens with zero attached hydrogens (tertiary/aromatic N) is 4. The quantitative estimate of drug-likeness (QED) is 0.585. The molecule has 0 aromatic carbocycles. The lowest BCUT2D eigenvalue weighted by Gasteiger charge is -2.17. The van der Waals surface area contributed by atoms with Crippen LogP contribution in [0.3, 0.4) is 0 Å². The summed E-state index contributed by atoms with van der Waals surface area (Å²) in [6.07, 6.45) is 7.40. The van der Waals surface area contributed by atoms with Crippen molar-refractivity contribution in [1.82, 2.24) is 19.5 Å². The molecule has 1 aliphatic rings. The van der Waals surface area contributed by atoms with Crippen molar-refractivity contribution in [3.63, 3.8) is 0 Å². The van der Waals surface area contributed by atoms with Crippen molar-refractivity contribution in [3.8, 4) is 0 Å². The molecule has 3 heterocycles. The Bertz CT molecular complexity index is 1200. The fourth-order valence-electron chi connectivity index (χ4n) is 3.84. The van der Waals surface area contributed by atoms with Gasteiger partial charge in [-0.25, -0.2) is 9.97 Å². The highest BCUT2D eigenvalue weighted by Crippen LogP contribution is 2.31. The Hall–Kier alpha value is -3.62. The molecule has 0 unspecified atom stereocenters. The maximum atomic E-state index is 13.0. The first-order chi connectivity index (χ1) is 15.0. The summed E-state index contributed by atoms with van der Waals surface area (Å²) in [6.45, 7) is 3.18. The van der Waals surface area contributed by atoms with Gasteiger partial charge in [0.05, 0.1) is 17.4 Å². The summed E-state index contributed by atoms with van der Waals surface area (Å²) in [4.78, 5) is 49.7. The third kappa shape index (κ3) is 4.30. The molecule has 1 saturated carbocycles. The lowest BCUT2D eigenvalue weighted by atomic mass is 10.1. The van der Waals surface area contributed by atoms with Crippen LogP contribution in [-0.2, 0) is 4.79 Å². The Balaban J connectivity index is 1.69. The van der Waals surface area contributed by atoms with Crippen molar-refractivity contribution in [3.05, 3.63) is 46.5 Å². The van der Waals surface area contributed by atoms with E-state index in [9.17, 15) is 14.4 Å². The number of pyridine rings is 2. The van der Waals surface area contributed by atoms with Gasteiger partial charge in [-0.15, -0.1) is 0 Å². The minimum absolute atomic E-state index is 0.0247. The van der Waals surface area contributed by atoms with Crippen LogP contribution in [0.25, 0.3) is 11.0 Å². The lowest BCUT2D eigenvalue weighted by molar-refractivity contribution is -0.115. The number of amides is 1. The highest BCUT2D eigenvalue weighted by atomic mass is 16.2. The Morgan fingerprint density at radius 3 is 2.58 bits per heavy atom. The number of rotatable bonds is 6. The van der Waals surface area contributed by atoms with Gasteiger partial charge in [0, 0.05) is 24.0 Å². The summed E-state index contributed by atoms with van der Waals surface area (Å²) >= 11 is 0. The SMILES string of the molecule is CCC(=O)Nc1ccc(Nc2ncc3cc(C(C)=O)c(=O)n(C4CCCC4)c3n2)nc1. The Kier molecular flexibility index (Phi) is 5.75. The van der Waals surface area contributed by atoms with E-state index in [1.807, 2.05) is 0 Å². The van der Waals surface area contributed by atoms with Gasteiger partial charge in [-0.1, -0.05) is 19.8 Å². The minimum atomic E-state index is -0.300. The molecule has 0 bridgehead atoms. The fourth-order valence-corrected chi connectivity index (χ4v) is 3.84. The first kappa shape index (κ1) is 20.6. The highest BCUT2D eigenvalue weighted by Gasteiger charge is 2.23. The number of ketones is 1. The van der Waals surface area contributed by atoms with E-state index in [1.165, 1.54) is 6.92 Å². The summed E-state index contributed by atoms with van der Waals surface area (Å²) in [5.41, 5.74) is 0.968. The Morgan fingerprint density at radius 1 is 1.16 bits per heavy atom. The number of Topliss-reactive ketones (excluding diaryl/α,β-unsaturated/α-hetero) is 1. The van der Waals surface area contributed by atoms with Gasteiger partial charge in [0.15, 0.2) is 5.78 Å². The van der Waals surface area contributed by atoms with E-state index in [4.69, 9.17) is 0 Å². The van der Waals surface area contributed by atoms with Crippen LogP contribution in [0.1, 0.15) is 62.4 Å². The Labute approximate surface area is 178 Å². The topological polar surface area (TPSA) is 119 Å². The lowest BCUT2D eigenvalue weighted by Crippen LogP contribution is -2.29. The van der Waals surface area contributed by atoms with Gasteiger partial charge in [-0.2, -0.15) is 4.98 Å². The van der Waals surface area contributed by atoms with E-state index in [0.29, 0.717) is 34.9 Å². The molecular weight excluding hydrogens is 396 g/mol. The second-order valence-electron chi connectivity index (χ2n) is 7.66. The first-order valence-electron chi connectivity index (χ1n) is 10.4. The van der Waals surface area contributed by atoms with Gasteiger partial charge in [-0.05, 0) is 38.0 Å². The molecule has 0 atom stereocenters. The molecule has 0 saturated heterocycles. The normalized spacial score (nSPS) is 14.0. The van der Waals surface area contributed by atoms with Crippen LogP contribution in [0.4, 0.5) is 17.5 Å². The molecule has 160 valence electrons. The third-order valence-electron chi connectivity index (χ3n) is 5.45. The monoisotopic (exact) mass is 420 g/mol. The number of carbonyl (C=O) groups is 2. The van der Waals surface area contributed by atoms with E-state index < -0.39 is 0 Å². The number of anilines is 3. The van der Waals surface area contributed by atoms with Gasteiger partial charge in [0.25, 0.3) is 5.56 Å². The molecule has 31 heavy (non-hydrogen) atoms. The molecule has 0 spiro atoms. The smallest absolute Gasteiger partial charge is 0.263 e. The van der Waals surface area contributed by atoms with Crippen molar-refractivity contribution in [2.24, 2.45) is 0 Å². The summed E-state index contributed by atoms with van der Waals surface area (Å²) < 4.78 is 1.66. The molecule has 3 aromatic rings. The molecule has 9 heteroatoms. The number of nitrogens with one attached hydrogen (secondary N) is 2. The maximum Gasteiger partial charge on any atom is 0.263 e. The number of fused-ring (bicyclic) bond motifs is 1. The van der Waals surface area contributed by atoms with Gasteiger partial charge < -0.3 is 10.6 Å². The van der Waals surface area contributed by atoms with Crippen molar-refractivity contribution < 1.29 is 9.59 Å². The highest BCUT2D eigenvalue weighted by molar-refractivity contribution is 5.96. The molecule has 1 aliphatic carbocycles. The summed E-state index contributed by atoms with van der Waals surface area (Å²) in [7, 11) is 0. The zero-order chi connectivity index (χ0) is 22.0. The fraction of sp³-hybridized carbons (Fsp3) is 0.364. The largest absolute Gasteiger partial charge is 0.325 e. The standard InChI is InChI=1S/C22H24N6O3/c1-3-19(30)25-15-8-9-18(23-12-15)26-22-24-11-14-10-17(13(2)29)21(31)28(20(14)27-22)16-6-4-5-7-16/h8-12,16H,3-7H2,1-2H3,(H,25,30)(H,23,24,26,27). The van der Waals surface area contributed by atoms with Gasteiger partial charge in [0.1, 0.15) is 11.5 Å². The minimum Gasteiger partial charge on any atom is -0.325 e. The van der Waals surface area contributed by atoms with Crippen LogP contribution in [0.15, 0.2) is 35.4 Å². The second kappa shape index (κ2) is 8.63. The molecule has 3 aromatic heterocycles. The summed E-state index contributed by atoms with van der Waals surface area (Å²) in [5, 5.41) is 6.42. The second-order valence-corrected chi connectivity index (χ2v) is 7.66. The van der Waals surface area contributed by atoms with Crippen molar-refractivity contribution in [2.45, 2.75) is 52.0 Å². The predicted octanol–water partition coefficient (Wildman–Crippen LogP) is 3.60. The molecule has 0 radical (unpaired) electrons. The van der Waals surface area contributed by atoms with Gasteiger partial charge in [-0.3, -0.25) is 19.0 Å². The van der Waals surface area contributed by atoms with Crippen LogP contribution in [0.2, 0.25) is 0 Å². The zero-order valence-corrected chi connectivity index (χ0v) is 17.5. The van der Waals surface area contributed by atoms with Crippen LogP contribution in [-0.4, -0.2) is 31.2 Å². The van der Waals surface area contributed by atoms with E-state index >= 15 is 0 Å². The molecular formula is C22H24N6O3. The van der Waals surface area contributed by atoms with E-state index in [-0.39, 0.29) is 28.9 Å².